The van der Waals surface area contributed by atoms with E-state index in [1.54, 1.807) is 18.2 Å². The summed E-state index contributed by atoms with van der Waals surface area (Å²) in [6.45, 7) is 5.40. The Morgan fingerprint density at radius 2 is 1.85 bits per heavy atom. The monoisotopic (exact) mass is 460 g/mol. The second kappa shape index (κ2) is 13.4. The van der Waals surface area contributed by atoms with Crippen molar-refractivity contribution in [3.8, 4) is 5.75 Å². The second-order valence-electron chi connectivity index (χ2n) is 9.52. The highest BCUT2D eigenvalue weighted by atomic mass is 16.5. The molecule has 1 aromatic rings. The number of nitrogen functional groups attached to an aromatic ring is 1. The van der Waals surface area contributed by atoms with Gasteiger partial charge in [0.15, 0.2) is 0 Å². The normalized spacial score (nSPS) is 15.9. The van der Waals surface area contributed by atoms with E-state index in [0.29, 0.717) is 36.6 Å². The Bertz CT molecular complexity index is 760. The van der Waals surface area contributed by atoms with E-state index in [1.165, 1.54) is 25.7 Å². The molecule has 0 aliphatic heterocycles. The van der Waals surface area contributed by atoms with Crippen molar-refractivity contribution in [2.45, 2.75) is 89.6 Å². The number of nitrogens with zero attached hydrogens (tertiary/aromatic N) is 1. The van der Waals surface area contributed by atoms with Crippen LogP contribution in [-0.2, 0) is 4.79 Å². The Morgan fingerprint density at radius 3 is 2.45 bits per heavy atom. The van der Waals surface area contributed by atoms with Gasteiger partial charge in [0.2, 0.25) is 5.91 Å². The van der Waals surface area contributed by atoms with E-state index in [2.05, 4.69) is 36.6 Å². The number of carbonyl (C=O) groups excluding carboxylic acids is 2. The zero-order chi connectivity index (χ0) is 24.3. The Kier molecular flexibility index (Phi) is 11.0. The predicted molar refractivity (Wildman–Crippen MR) is 135 cm³/mol. The van der Waals surface area contributed by atoms with Crippen LogP contribution in [0.1, 0.15) is 88.4 Å². The summed E-state index contributed by atoms with van der Waals surface area (Å²) in [5.74, 6) is 0.169. The summed E-state index contributed by atoms with van der Waals surface area (Å²) < 4.78 is 5.76. The van der Waals surface area contributed by atoms with Crippen LogP contribution in [0, 0.1) is 0 Å². The largest absolute Gasteiger partial charge is 0.491 e. The number of benzene rings is 1. The summed E-state index contributed by atoms with van der Waals surface area (Å²) in [4.78, 5) is 28.0. The van der Waals surface area contributed by atoms with Crippen LogP contribution in [0.4, 0.5) is 5.69 Å². The molecule has 0 aromatic heterocycles. The van der Waals surface area contributed by atoms with E-state index in [-0.39, 0.29) is 17.4 Å². The lowest BCUT2D eigenvalue weighted by Gasteiger charge is -2.37. The number of nitrogens with one attached hydrogen (secondary N) is 2. The van der Waals surface area contributed by atoms with Crippen LogP contribution in [0.2, 0.25) is 0 Å². The third-order valence-electron chi connectivity index (χ3n) is 6.80. The lowest BCUT2D eigenvalue weighted by atomic mass is 9.95. The molecule has 0 saturated heterocycles. The molecule has 0 radical (unpaired) electrons. The van der Waals surface area contributed by atoms with Crippen molar-refractivity contribution in [1.29, 1.82) is 0 Å². The lowest BCUT2D eigenvalue weighted by molar-refractivity contribution is -0.123. The lowest BCUT2D eigenvalue weighted by Crippen LogP contribution is -2.54. The van der Waals surface area contributed by atoms with Crippen LogP contribution in [0.25, 0.3) is 0 Å². The van der Waals surface area contributed by atoms with Crippen molar-refractivity contribution in [3.05, 3.63) is 23.8 Å². The number of amides is 2. The SMILES string of the molecule is CCCCCCOc1ccc(C(=O)N[C@@H](CCC)C(=O)NCC2(N(C)C)CCCC2)cc1N. The molecule has 0 spiro atoms. The van der Waals surface area contributed by atoms with Crippen LogP contribution in [0.15, 0.2) is 18.2 Å². The zero-order valence-electron chi connectivity index (χ0n) is 21.0. The fraction of sp³-hybridized carbons (Fsp3) is 0.692. The maximum Gasteiger partial charge on any atom is 0.252 e. The molecule has 7 heteroatoms. The molecule has 1 saturated carbocycles. The fourth-order valence-electron chi connectivity index (χ4n) is 4.52. The highest BCUT2D eigenvalue weighted by Crippen LogP contribution is 2.33. The Morgan fingerprint density at radius 1 is 1.12 bits per heavy atom. The first-order chi connectivity index (χ1) is 15.8. The van der Waals surface area contributed by atoms with E-state index in [9.17, 15) is 9.59 Å². The molecule has 33 heavy (non-hydrogen) atoms. The summed E-state index contributed by atoms with van der Waals surface area (Å²) in [7, 11) is 4.15. The molecule has 1 aromatic carbocycles. The number of unbranched alkanes of at least 4 members (excludes halogenated alkanes) is 3. The number of carbonyl (C=O) groups is 2. The molecule has 1 atom stereocenters. The molecule has 186 valence electrons. The third-order valence-corrected chi connectivity index (χ3v) is 6.80. The highest BCUT2D eigenvalue weighted by Gasteiger charge is 2.36. The van der Waals surface area contributed by atoms with Crippen LogP contribution in [0.5, 0.6) is 5.75 Å². The van der Waals surface area contributed by atoms with Gasteiger partial charge in [-0.1, -0.05) is 52.4 Å². The molecule has 0 bridgehead atoms. The van der Waals surface area contributed by atoms with Crippen molar-refractivity contribution in [2.24, 2.45) is 0 Å². The predicted octanol–water partition coefficient (Wildman–Crippen LogP) is 4.12. The van der Waals surface area contributed by atoms with Crippen LogP contribution >= 0.6 is 0 Å². The van der Waals surface area contributed by atoms with Crippen LogP contribution < -0.4 is 21.1 Å². The number of hydrogen-bond donors (Lipinski definition) is 3. The summed E-state index contributed by atoms with van der Waals surface area (Å²) in [6, 6.07) is 4.49. The third kappa shape index (κ3) is 7.91. The molecule has 0 unspecified atom stereocenters. The molecular formula is C26H44N4O3. The van der Waals surface area contributed by atoms with E-state index in [1.807, 2.05) is 6.92 Å². The summed E-state index contributed by atoms with van der Waals surface area (Å²) in [6.07, 6.45) is 10.4. The minimum atomic E-state index is -0.571. The molecule has 1 aliphatic rings. The summed E-state index contributed by atoms with van der Waals surface area (Å²) >= 11 is 0. The number of hydrogen-bond acceptors (Lipinski definition) is 5. The zero-order valence-corrected chi connectivity index (χ0v) is 21.0. The van der Waals surface area contributed by atoms with Crippen LogP contribution in [-0.4, -0.2) is 55.5 Å². The quantitative estimate of drug-likeness (QED) is 0.287. The first-order valence-corrected chi connectivity index (χ1v) is 12.6. The van der Waals surface area contributed by atoms with Gasteiger partial charge in [-0.2, -0.15) is 0 Å². The van der Waals surface area contributed by atoms with E-state index in [0.717, 1.165) is 32.1 Å². The first-order valence-electron chi connectivity index (χ1n) is 12.6. The molecule has 1 aliphatic carbocycles. The topological polar surface area (TPSA) is 96.7 Å². The van der Waals surface area contributed by atoms with Crippen molar-refractivity contribution >= 4 is 17.5 Å². The smallest absolute Gasteiger partial charge is 0.252 e. The maximum absolute atomic E-state index is 12.9. The standard InChI is InChI=1S/C26H44N4O3/c1-5-7-8-11-17-33-23-14-13-20(18-21(23)27)24(31)29-22(12-6-2)25(32)28-19-26(30(3)4)15-9-10-16-26/h13-14,18,22H,5-12,15-17,19,27H2,1-4H3,(H,28,32)(H,29,31)/t22-/m0/s1. The average molecular weight is 461 g/mol. The molecule has 1 fully saturated rings. The minimum absolute atomic E-state index is 0.0112. The van der Waals surface area contributed by atoms with Gasteiger partial charge >= 0.3 is 0 Å². The Labute approximate surface area is 199 Å². The van der Waals surface area contributed by atoms with Crippen molar-refractivity contribution in [3.63, 3.8) is 0 Å². The van der Waals surface area contributed by atoms with Gasteiger partial charge in [0.05, 0.1) is 12.3 Å². The first kappa shape index (κ1) is 27.0. The van der Waals surface area contributed by atoms with Crippen LogP contribution in [0.3, 0.4) is 0 Å². The Balaban J connectivity index is 1.94. The second-order valence-corrected chi connectivity index (χ2v) is 9.52. The van der Waals surface area contributed by atoms with E-state index in [4.69, 9.17) is 10.5 Å². The molecular weight excluding hydrogens is 416 g/mol. The average Bonchev–Trinajstić information content (AvgIpc) is 3.28. The number of nitrogens with two attached hydrogens (primary N) is 1. The number of ether oxygens (including phenoxy) is 1. The molecule has 0 heterocycles. The van der Waals surface area contributed by atoms with Crippen molar-refractivity contribution in [1.82, 2.24) is 15.5 Å². The molecule has 2 rings (SSSR count). The van der Waals surface area contributed by atoms with Crippen molar-refractivity contribution in [2.75, 3.05) is 33.0 Å². The number of likely N-dealkylation sites (N-methyl/N-ethyl adjacent to an activating group) is 1. The van der Waals surface area contributed by atoms with E-state index < -0.39 is 6.04 Å². The molecule has 4 N–H and O–H groups in total. The number of rotatable bonds is 14. The van der Waals surface area contributed by atoms with Gasteiger partial charge < -0.3 is 26.0 Å². The van der Waals surface area contributed by atoms with Gasteiger partial charge in [-0.3, -0.25) is 9.59 Å². The van der Waals surface area contributed by atoms with Gasteiger partial charge in [-0.15, -0.1) is 0 Å². The highest BCUT2D eigenvalue weighted by molar-refractivity contribution is 5.98. The van der Waals surface area contributed by atoms with Gasteiger partial charge in [-0.05, 0) is 58.0 Å². The van der Waals surface area contributed by atoms with Gasteiger partial charge in [-0.25, -0.2) is 0 Å². The van der Waals surface area contributed by atoms with Gasteiger partial charge in [0.1, 0.15) is 11.8 Å². The number of anilines is 1. The molecule has 2 amide bonds. The minimum Gasteiger partial charge on any atom is -0.491 e. The molecule has 7 nitrogen and oxygen atoms in total. The summed E-state index contributed by atoms with van der Waals surface area (Å²) in [5, 5.41) is 6.01. The van der Waals surface area contributed by atoms with E-state index >= 15 is 0 Å². The Hall–Kier alpha value is -2.28. The fourth-order valence-corrected chi connectivity index (χ4v) is 4.52. The maximum atomic E-state index is 12.9. The van der Waals surface area contributed by atoms with Gasteiger partial charge in [0, 0.05) is 17.6 Å². The van der Waals surface area contributed by atoms with Crippen molar-refractivity contribution < 1.29 is 14.3 Å². The van der Waals surface area contributed by atoms with Gasteiger partial charge in [0.25, 0.3) is 5.91 Å². The summed E-state index contributed by atoms with van der Waals surface area (Å²) in [5.41, 5.74) is 7.00.